The fraction of sp³-hybridized carbons (Fsp3) is 0.650. The largest absolute Gasteiger partial charge is 0.477 e. The first-order chi connectivity index (χ1) is 14.4. The molecule has 0 atom stereocenters. The van der Waals surface area contributed by atoms with E-state index in [9.17, 15) is 23.3 Å². The fourth-order valence-corrected chi connectivity index (χ4v) is 5.55. The number of amides is 1. The molecule has 0 unspecified atom stereocenters. The highest BCUT2D eigenvalue weighted by atomic mass is 32.2. The highest BCUT2D eigenvalue weighted by molar-refractivity contribution is 7.89. The summed E-state index contributed by atoms with van der Waals surface area (Å²) in [5.74, 6) is -0.447. The number of hydrogen-bond acceptors (Lipinski definition) is 6. The highest BCUT2D eigenvalue weighted by Gasteiger charge is 2.30. The second kappa shape index (κ2) is 10.2. The number of nitrogens with zero attached hydrogens (tertiary/aromatic N) is 2. The van der Waals surface area contributed by atoms with E-state index >= 15 is 0 Å². The number of benzene rings is 1. The van der Waals surface area contributed by atoms with Gasteiger partial charge >= 0.3 is 5.69 Å². The van der Waals surface area contributed by atoms with Crippen molar-refractivity contribution < 1.29 is 22.9 Å². The summed E-state index contributed by atoms with van der Waals surface area (Å²) in [5, 5.41) is 14.4. The van der Waals surface area contributed by atoms with Crippen molar-refractivity contribution in [3.8, 4) is 5.75 Å². The standard InChI is InChI=1S/C20H29N3O6S/c24-20(21-16-8-4-2-1-3-5-9-16)15-29-19-11-10-17(14-18(19)23(25)26)30(27,28)22-12-6-7-13-22/h10-11,14,16H,1-9,12-13,15H2,(H,21,24). The van der Waals surface area contributed by atoms with E-state index in [2.05, 4.69) is 5.32 Å². The Morgan fingerprint density at radius 3 is 2.37 bits per heavy atom. The number of rotatable bonds is 7. The molecule has 1 heterocycles. The first kappa shape index (κ1) is 22.5. The van der Waals surface area contributed by atoms with Crippen LogP contribution in [-0.2, 0) is 14.8 Å². The Labute approximate surface area is 177 Å². The number of nitrogens with one attached hydrogen (secondary N) is 1. The Bertz CT molecular complexity index is 859. The Balaban J connectivity index is 1.65. The van der Waals surface area contributed by atoms with Gasteiger partial charge in [-0.3, -0.25) is 14.9 Å². The third-order valence-electron chi connectivity index (χ3n) is 5.66. The van der Waals surface area contributed by atoms with Crippen LogP contribution < -0.4 is 10.1 Å². The zero-order chi connectivity index (χ0) is 21.6. The molecule has 9 nitrogen and oxygen atoms in total. The first-order valence-corrected chi connectivity index (χ1v) is 12.0. The van der Waals surface area contributed by atoms with Crippen molar-refractivity contribution in [2.75, 3.05) is 19.7 Å². The molecular formula is C20H29N3O6S. The van der Waals surface area contributed by atoms with Gasteiger partial charge in [0.05, 0.1) is 9.82 Å². The van der Waals surface area contributed by atoms with Crippen molar-refractivity contribution in [2.45, 2.75) is 68.7 Å². The number of nitro benzene ring substituents is 1. The van der Waals surface area contributed by atoms with Crippen LogP contribution in [0.4, 0.5) is 5.69 Å². The lowest BCUT2D eigenvalue weighted by Gasteiger charge is -2.21. The summed E-state index contributed by atoms with van der Waals surface area (Å²) < 4.78 is 32.0. The summed E-state index contributed by atoms with van der Waals surface area (Å²) >= 11 is 0. The molecule has 166 valence electrons. The van der Waals surface area contributed by atoms with Gasteiger partial charge in [0.1, 0.15) is 0 Å². The predicted molar refractivity (Wildman–Crippen MR) is 111 cm³/mol. The molecule has 1 aliphatic carbocycles. The van der Waals surface area contributed by atoms with Gasteiger partial charge in [0.2, 0.25) is 10.0 Å². The van der Waals surface area contributed by atoms with E-state index in [0.29, 0.717) is 13.1 Å². The lowest BCUT2D eigenvalue weighted by Crippen LogP contribution is -2.38. The van der Waals surface area contributed by atoms with Crippen LogP contribution >= 0.6 is 0 Å². The Morgan fingerprint density at radius 1 is 1.10 bits per heavy atom. The normalized spacial score (nSPS) is 19.1. The van der Waals surface area contributed by atoms with Crippen molar-refractivity contribution >= 4 is 21.6 Å². The van der Waals surface area contributed by atoms with E-state index in [0.717, 1.165) is 44.6 Å². The van der Waals surface area contributed by atoms with E-state index in [1.165, 1.54) is 35.7 Å². The molecule has 3 rings (SSSR count). The molecule has 1 amide bonds. The van der Waals surface area contributed by atoms with E-state index in [1.54, 1.807) is 0 Å². The van der Waals surface area contributed by atoms with Gasteiger partial charge in [0.25, 0.3) is 5.91 Å². The van der Waals surface area contributed by atoms with Crippen molar-refractivity contribution in [1.29, 1.82) is 0 Å². The maximum Gasteiger partial charge on any atom is 0.312 e. The molecule has 0 spiro atoms. The summed E-state index contributed by atoms with van der Waals surface area (Å²) in [5.41, 5.74) is -0.464. The highest BCUT2D eigenvalue weighted by Crippen LogP contribution is 2.31. The van der Waals surface area contributed by atoms with Crippen LogP contribution in [0.15, 0.2) is 23.1 Å². The fourth-order valence-electron chi connectivity index (χ4n) is 4.01. The Hall–Kier alpha value is -2.20. The third-order valence-corrected chi connectivity index (χ3v) is 7.55. The van der Waals surface area contributed by atoms with E-state index in [-0.39, 0.29) is 29.2 Å². The van der Waals surface area contributed by atoms with Crippen LogP contribution in [0, 0.1) is 10.1 Å². The SMILES string of the molecule is O=C(COc1ccc(S(=O)(=O)N2CCCC2)cc1[N+](=O)[O-])NC1CCCCCCC1. The number of ether oxygens (including phenoxy) is 1. The van der Waals surface area contributed by atoms with E-state index in [4.69, 9.17) is 4.74 Å². The molecular weight excluding hydrogens is 410 g/mol. The number of nitro groups is 1. The molecule has 2 aliphatic rings. The molecule has 1 aromatic carbocycles. The number of carbonyl (C=O) groups excluding carboxylic acids is 1. The molecule has 1 N–H and O–H groups in total. The van der Waals surface area contributed by atoms with E-state index in [1.807, 2.05) is 0 Å². The molecule has 1 aliphatic heterocycles. The lowest BCUT2D eigenvalue weighted by atomic mass is 9.97. The van der Waals surface area contributed by atoms with Gasteiger partial charge in [-0.2, -0.15) is 4.31 Å². The molecule has 0 aromatic heterocycles. The van der Waals surface area contributed by atoms with Gasteiger partial charge in [-0.1, -0.05) is 32.1 Å². The van der Waals surface area contributed by atoms with Crippen molar-refractivity contribution in [1.82, 2.24) is 9.62 Å². The monoisotopic (exact) mass is 439 g/mol. The average molecular weight is 440 g/mol. The number of hydrogen-bond donors (Lipinski definition) is 1. The average Bonchev–Trinajstić information content (AvgIpc) is 3.24. The van der Waals surface area contributed by atoms with Crippen LogP contribution in [0.25, 0.3) is 0 Å². The minimum absolute atomic E-state index is 0.101. The summed E-state index contributed by atoms with van der Waals surface area (Å²) in [4.78, 5) is 22.9. The quantitative estimate of drug-likeness (QED) is 0.515. The van der Waals surface area contributed by atoms with Crippen LogP contribution in [0.5, 0.6) is 5.75 Å². The Kier molecular flexibility index (Phi) is 7.65. The van der Waals surface area contributed by atoms with Crippen LogP contribution in [0.3, 0.4) is 0 Å². The van der Waals surface area contributed by atoms with Gasteiger partial charge in [-0.15, -0.1) is 0 Å². The van der Waals surface area contributed by atoms with Crippen molar-refractivity contribution in [2.24, 2.45) is 0 Å². The molecule has 30 heavy (non-hydrogen) atoms. The van der Waals surface area contributed by atoms with Gasteiger partial charge in [0, 0.05) is 25.2 Å². The molecule has 0 bridgehead atoms. The molecule has 1 aromatic rings. The molecule has 1 saturated heterocycles. The molecule has 10 heteroatoms. The van der Waals surface area contributed by atoms with Crippen molar-refractivity contribution in [3.05, 3.63) is 28.3 Å². The molecule has 1 saturated carbocycles. The Morgan fingerprint density at radius 2 is 1.73 bits per heavy atom. The zero-order valence-electron chi connectivity index (χ0n) is 17.0. The second-order valence-electron chi connectivity index (χ2n) is 7.90. The van der Waals surface area contributed by atoms with E-state index < -0.39 is 20.6 Å². The van der Waals surface area contributed by atoms with Gasteiger partial charge < -0.3 is 10.1 Å². The maximum absolute atomic E-state index is 12.7. The maximum atomic E-state index is 12.7. The molecule has 0 radical (unpaired) electrons. The van der Waals surface area contributed by atoms with Gasteiger partial charge in [0.15, 0.2) is 12.4 Å². The lowest BCUT2D eigenvalue weighted by molar-refractivity contribution is -0.386. The van der Waals surface area contributed by atoms with Gasteiger partial charge in [-0.25, -0.2) is 8.42 Å². The second-order valence-corrected chi connectivity index (χ2v) is 9.83. The minimum atomic E-state index is -3.77. The first-order valence-electron chi connectivity index (χ1n) is 10.6. The summed E-state index contributed by atoms with van der Waals surface area (Å²) in [6, 6.07) is 3.66. The van der Waals surface area contributed by atoms with Crippen molar-refractivity contribution in [3.63, 3.8) is 0 Å². The predicted octanol–water partition coefficient (Wildman–Crippen LogP) is 2.99. The summed E-state index contributed by atoms with van der Waals surface area (Å²) in [6.45, 7) is 0.473. The topological polar surface area (TPSA) is 119 Å². The van der Waals surface area contributed by atoms with Crippen LogP contribution in [-0.4, -0.2) is 49.3 Å². The smallest absolute Gasteiger partial charge is 0.312 e. The molecule has 2 fully saturated rings. The summed E-state index contributed by atoms with van der Waals surface area (Å²) in [7, 11) is -3.77. The summed E-state index contributed by atoms with van der Waals surface area (Å²) in [6.07, 6.45) is 9.12. The minimum Gasteiger partial charge on any atom is -0.477 e. The van der Waals surface area contributed by atoms with Gasteiger partial charge in [-0.05, 0) is 37.8 Å². The third kappa shape index (κ3) is 5.69. The van der Waals surface area contributed by atoms with Crippen LogP contribution in [0.2, 0.25) is 0 Å². The van der Waals surface area contributed by atoms with Crippen LogP contribution in [0.1, 0.15) is 57.8 Å². The number of sulfonamides is 1. The number of carbonyl (C=O) groups is 1. The zero-order valence-corrected chi connectivity index (χ0v) is 17.9.